The molecule has 0 fully saturated rings. The van der Waals surface area contributed by atoms with Gasteiger partial charge >= 0.3 is 0 Å². The van der Waals surface area contributed by atoms with Crippen LogP contribution in [0.5, 0.6) is 0 Å². The number of nitriles is 1. The second-order valence-corrected chi connectivity index (χ2v) is 7.24. The lowest BCUT2D eigenvalue weighted by Crippen LogP contribution is -2.42. The standard InChI is InChI=1S/C18H14Cl3N3O2/c1-18(2,9-22)24-17(26)13-7-10(19)3-5-12(13)16(25)23-15-6-4-11(20)8-14(15)21/h3-8H,1-2H3,(H,23,25)(H,24,26). The summed E-state index contributed by atoms with van der Waals surface area (Å²) >= 11 is 17.9. The van der Waals surface area contributed by atoms with Gasteiger partial charge in [0.05, 0.1) is 27.9 Å². The number of nitrogens with one attached hydrogen (secondary N) is 2. The smallest absolute Gasteiger partial charge is 0.256 e. The molecule has 2 N–H and O–H groups in total. The second kappa shape index (κ2) is 7.96. The van der Waals surface area contributed by atoms with E-state index in [0.717, 1.165) is 0 Å². The molecule has 8 heteroatoms. The summed E-state index contributed by atoms with van der Waals surface area (Å²) in [6.07, 6.45) is 0. The number of halogens is 3. The first-order chi connectivity index (χ1) is 12.1. The predicted octanol–water partition coefficient (Wildman–Crippen LogP) is 4.93. The zero-order valence-corrected chi connectivity index (χ0v) is 16.1. The average molecular weight is 411 g/mol. The summed E-state index contributed by atoms with van der Waals surface area (Å²) in [5.74, 6) is -1.14. The van der Waals surface area contributed by atoms with Gasteiger partial charge in [-0.05, 0) is 50.2 Å². The monoisotopic (exact) mass is 409 g/mol. The quantitative estimate of drug-likeness (QED) is 0.749. The van der Waals surface area contributed by atoms with Crippen LogP contribution in [0.15, 0.2) is 36.4 Å². The van der Waals surface area contributed by atoms with Crippen molar-refractivity contribution in [3.05, 3.63) is 62.6 Å². The van der Waals surface area contributed by atoms with Crippen molar-refractivity contribution < 1.29 is 9.59 Å². The van der Waals surface area contributed by atoms with Crippen LogP contribution in [-0.2, 0) is 0 Å². The van der Waals surface area contributed by atoms with Crippen molar-refractivity contribution in [2.45, 2.75) is 19.4 Å². The van der Waals surface area contributed by atoms with Gasteiger partial charge in [0.2, 0.25) is 0 Å². The Morgan fingerprint density at radius 2 is 1.58 bits per heavy atom. The van der Waals surface area contributed by atoms with Gasteiger partial charge in [0, 0.05) is 10.0 Å². The molecule has 0 spiro atoms. The van der Waals surface area contributed by atoms with Crippen LogP contribution in [0, 0.1) is 11.3 Å². The van der Waals surface area contributed by atoms with Crippen LogP contribution in [0.2, 0.25) is 15.1 Å². The molecule has 0 aliphatic carbocycles. The maximum atomic E-state index is 12.6. The Bertz CT molecular complexity index is 920. The van der Waals surface area contributed by atoms with Gasteiger partial charge in [-0.15, -0.1) is 0 Å². The number of benzene rings is 2. The van der Waals surface area contributed by atoms with Gasteiger partial charge < -0.3 is 10.6 Å². The molecule has 0 unspecified atom stereocenters. The van der Waals surface area contributed by atoms with E-state index in [1.165, 1.54) is 24.3 Å². The van der Waals surface area contributed by atoms with E-state index in [1.807, 2.05) is 6.07 Å². The molecular formula is C18H14Cl3N3O2. The Labute approximate surface area is 165 Å². The fourth-order valence-corrected chi connectivity index (χ4v) is 2.69. The highest BCUT2D eigenvalue weighted by atomic mass is 35.5. The Morgan fingerprint density at radius 3 is 2.19 bits per heavy atom. The van der Waals surface area contributed by atoms with Crippen LogP contribution in [0.3, 0.4) is 0 Å². The first kappa shape index (κ1) is 20.1. The Balaban J connectivity index is 2.35. The summed E-state index contributed by atoms with van der Waals surface area (Å²) in [6.45, 7) is 3.09. The second-order valence-electron chi connectivity index (χ2n) is 5.96. The van der Waals surface area contributed by atoms with Gasteiger partial charge in [0.1, 0.15) is 5.54 Å². The third-order valence-electron chi connectivity index (χ3n) is 3.36. The van der Waals surface area contributed by atoms with Crippen molar-refractivity contribution in [3.8, 4) is 6.07 Å². The lowest BCUT2D eigenvalue weighted by atomic mass is 10.0. The van der Waals surface area contributed by atoms with Gasteiger partial charge in [-0.2, -0.15) is 5.26 Å². The molecule has 26 heavy (non-hydrogen) atoms. The number of carbonyl (C=O) groups is 2. The molecule has 0 radical (unpaired) electrons. The molecule has 0 aliphatic heterocycles. The van der Waals surface area contributed by atoms with Crippen molar-refractivity contribution in [2.75, 3.05) is 5.32 Å². The van der Waals surface area contributed by atoms with Gasteiger partial charge in [0.25, 0.3) is 11.8 Å². The molecule has 2 amide bonds. The summed E-state index contributed by atoms with van der Waals surface area (Å²) in [4.78, 5) is 25.1. The molecule has 134 valence electrons. The molecule has 0 aliphatic rings. The highest BCUT2D eigenvalue weighted by Gasteiger charge is 2.24. The van der Waals surface area contributed by atoms with E-state index >= 15 is 0 Å². The van der Waals surface area contributed by atoms with Crippen molar-refractivity contribution in [2.24, 2.45) is 0 Å². The topological polar surface area (TPSA) is 82.0 Å². The molecule has 2 rings (SSSR count). The summed E-state index contributed by atoms with van der Waals surface area (Å²) in [6, 6.07) is 10.9. The number of nitrogens with zero attached hydrogens (tertiary/aromatic N) is 1. The highest BCUT2D eigenvalue weighted by Crippen LogP contribution is 2.26. The van der Waals surface area contributed by atoms with Crippen LogP contribution < -0.4 is 10.6 Å². The van der Waals surface area contributed by atoms with Crippen LogP contribution in [-0.4, -0.2) is 17.4 Å². The van der Waals surface area contributed by atoms with E-state index in [-0.39, 0.29) is 21.2 Å². The number of hydrogen-bond donors (Lipinski definition) is 2. The predicted molar refractivity (Wildman–Crippen MR) is 103 cm³/mol. The zero-order valence-electron chi connectivity index (χ0n) is 13.9. The normalized spacial score (nSPS) is 10.8. The van der Waals surface area contributed by atoms with Crippen LogP contribution in [0.25, 0.3) is 0 Å². The third-order valence-corrected chi connectivity index (χ3v) is 4.14. The number of rotatable bonds is 4. The third kappa shape index (κ3) is 4.89. The average Bonchev–Trinajstić information content (AvgIpc) is 2.56. The van der Waals surface area contributed by atoms with E-state index in [0.29, 0.717) is 10.7 Å². The van der Waals surface area contributed by atoms with E-state index in [1.54, 1.807) is 26.0 Å². The molecule has 0 bridgehead atoms. The van der Waals surface area contributed by atoms with E-state index < -0.39 is 17.4 Å². The number of hydrogen-bond acceptors (Lipinski definition) is 3. The van der Waals surface area contributed by atoms with Crippen molar-refractivity contribution in [1.82, 2.24) is 5.32 Å². The van der Waals surface area contributed by atoms with Crippen LogP contribution >= 0.6 is 34.8 Å². The summed E-state index contributed by atoms with van der Waals surface area (Å²) in [7, 11) is 0. The summed E-state index contributed by atoms with van der Waals surface area (Å²) < 4.78 is 0. The number of amides is 2. The maximum absolute atomic E-state index is 12.6. The molecular weight excluding hydrogens is 397 g/mol. The zero-order chi connectivity index (χ0) is 19.5. The fraction of sp³-hybridized carbons (Fsp3) is 0.167. The molecule has 0 aromatic heterocycles. The molecule has 0 atom stereocenters. The van der Waals surface area contributed by atoms with E-state index in [2.05, 4.69) is 10.6 Å². The van der Waals surface area contributed by atoms with Gasteiger partial charge in [-0.25, -0.2) is 0 Å². The number of anilines is 1. The maximum Gasteiger partial charge on any atom is 0.256 e. The molecule has 5 nitrogen and oxygen atoms in total. The molecule has 0 heterocycles. The highest BCUT2D eigenvalue weighted by molar-refractivity contribution is 6.37. The van der Waals surface area contributed by atoms with Crippen molar-refractivity contribution in [1.29, 1.82) is 5.26 Å². The van der Waals surface area contributed by atoms with Gasteiger partial charge in [-0.1, -0.05) is 34.8 Å². The Hall–Kier alpha value is -2.26. The minimum Gasteiger partial charge on any atom is -0.334 e. The molecule has 2 aromatic rings. The summed E-state index contributed by atoms with van der Waals surface area (Å²) in [5.41, 5.74) is -0.623. The lowest BCUT2D eigenvalue weighted by molar-refractivity contribution is 0.0918. The van der Waals surface area contributed by atoms with Gasteiger partial charge in [0.15, 0.2) is 0 Å². The molecule has 0 saturated heterocycles. The largest absolute Gasteiger partial charge is 0.334 e. The fourth-order valence-electron chi connectivity index (χ4n) is 2.06. The minimum absolute atomic E-state index is 0.0448. The SMILES string of the molecule is CC(C)(C#N)NC(=O)c1cc(Cl)ccc1C(=O)Nc1ccc(Cl)cc1Cl. The summed E-state index contributed by atoms with van der Waals surface area (Å²) in [5, 5.41) is 15.2. The molecule has 0 saturated carbocycles. The van der Waals surface area contributed by atoms with Crippen LogP contribution in [0.1, 0.15) is 34.6 Å². The minimum atomic E-state index is -1.10. The molecule has 2 aromatic carbocycles. The van der Waals surface area contributed by atoms with Crippen LogP contribution in [0.4, 0.5) is 5.69 Å². The lowest BCUT2D eigenvalue weighted by Gasteiger charge is -2.19. The van der Waals surface area contributed by atoms with Crippen molar-refractivity contribution >= 4 is 52.3 Å². The van der Waals surface area contributed by atoms with E-state index in [9.17, 15) is 9.59 Å². The number of carbonyl (C=O) groups excluding carboxylic acids is 2. The Kier molecular flexibility index (Phi) is 6.14. The first-order valence-electron chi connectivity index (χ1n) is 7.42. The van der Waals surface area contributed by atoms with E-state index in [4.69, 9.17) is 40.1 Å². The Morgan fingerprint density at radius 1 is 0.962 bits per heavy atom. The first-order valence-corrected chi connectivity index (χ1v) is 8.56. The van der Waals surface area contributed by atoms with Crippen molar-refractivity contribution in [3.63, 3.8) is 0 Å². The van der Waals surface area contributed by atoms with Gasteiger partial charge in [-0.3, -0.25) is 9.59 Å².